The summed E-state index contributed by atoms with van der Waals surface area (Å²) in [6, 6.07) is 4.55. The zero-order valence-corrected chi connectivity index (χ0v) is 19.2. The van der Waals surface area contributed by atoms with Gasteiger partial charge in [0.2, 0.25) is 0 Å². The molecule has 0 unspecified atom stereocenters. The molecule has 0 atom stereocenters. The number of anilines is 1. The Balaban J connectivity index is 1.87. The zero-order chi connectivity index (χ0) is 25.7. The van der Waals surface area contributed by atoms with Crippen LogP contribution in [0.25, 0.3) is 5.69 Å². The van der Waals surface area contributed by atoms with Gasteiger partial charge in [0.05, 0.1) is 22.8 Å². The van der Waals surface area contributed by atoms with Crippen molar-refractivity contribution in [1.29, 1.82) is 0 Å². The molecule has 186 valence electrons. The van der Waals surface area contributed by atoms with Gasteiger partial charge >= 0.3 is 5.69 Å². The molecule has 2 aromatic carbocycles. The van der Waals surface area contributed by atoms with E-state index in [9.17, 15) is 27.9 Å². The van der Waals surface area contributed by atoms with Gasteiger partial charge in [0.15, 0.2) is 5.82 Å². The van der Waals surface area contributed by atoms with E-state index in [1.807, 2.05) is 0 Å². The summed E-state index contributed by atoms with van der Waals surface area (Å²) in [7, 11) is 0. The van der Waals surface area contributed by atoms with Crippen LogP contribution < -0.4 is 15.7 Å². The van der Waals surface area contributed by atoms with E-state index >= 15 is 4.39 Å². The molecule has 0 saturated carbocycles. The molecule has 35 heavy (non-hydrogen) atoms. The van der Waals surface area contributed by atoms with E-state index in [4.69, 9.17) is 16.3 Å². The van der Waals surface area contributed by atoms with Gasteiger partial charge in [0.25, 0.3) is 12.3 Å². The highest BCUT2D eigenvalue weighted by atomic mass is 35.5. The number of aliphatic hydroxyl groups excluding tert-OH is 1. The summed E-state index contributed by atoms with van der Waals surface area (Å²) >= 11 is 5.96. The van der Waals surface area contributed by atoms with Crippen LogP contribution in [0.3, 0.4) is 0 Å². The number of carbonyl (C=O) groups is 1. The number of hydrogen-bond donors (Lipinski definition) is 2. The highest BCUT2D eigenvalue weighted by Gasteiger charge is 2.38. The lowest BCUT2D eigenvalue weighted by Crippen LogP contribution is -2.28. The summed E-state index contributed by atoms with van der Waals surface area (Å²) in [4.78, 5) is 25.8. The van der Waals surface area contributed by atoms with Gasteiger partial charge in [0.1, 0.15) is 35.3 Å². The van der Waals surface area contributed by atoms with E-state index in [2.05, 4.69) is 10.4 Å². The summed E-state index contributed by atoms with van der Waals surface area (Å²) in [5.41, 5.74) is -2.98. The second kappa shape index (κ2) is 9.00. The number of carbonyl (C=O) groups excluding carboxylic acids is 1. The number of nitrogens with zero attached hydrogens (tertiary/aromatic N) is 3. The van der Waals surface area contributed by atoms with Crippen LogP contribution in [-0.4, -0.2) is 37.4 Å². The molecule has 2 heterocycles. The summed E-state index contributed by atoms with van der Waals surface area (Å²) in [6.07, 6.45) is -2.90. The summed E-state index contributed by atoms with van der Waals surface area (Å²) < 4.78 is 62.5. The van der Waals surface area contributed by atoms with E-state index in [-0.39, 0.29) is 34.0 Å². The van der Waals surface area contributed by atoms with Crippen LogP contribution >= 0.6 is 11.6 Å². The predicted octanol–water partition coefficient (Wildman–Crippen LogP) is 3.69. The fraction of sp³-hybridized carbons (Fsp3) is 0.318. The SMILES string of the molecule is CC1(C)Cc2c(c(C(=O)Nc3c(F)cccc3Cl)cc(F)c2-n2nc(CO)n(CC(F)F)c2=O)O1. The molecule has 0 aliphatic carbocycles. The number of hydrogen-bond acceptors (Lipinski definition) is 5. The number of fused-ring (bicyclic) bond motifs is 1. The minimum atomic E-state index is -2.93. The molecular weight excluding hydrogens is 496 g/mol. The van der Waals surface area contributed by atoms with Crippen LogP contribution in [0, 0.1) is 11.6 Å². The van der Waals surface area contributed by atoms with Gasteiger partial charge in [-0.15, -0.1) is 5.10 Å². The Morgan fingerprint density at radius 1 is 1.31 bits per heavy atom. The number of amides is 1. The quantitative estimate of drug-likeness (QED) is 0.489. The van der Waals surface area contributed by atoms with Crippen LogP contribution in [0.2, 0.25) is 5.02 Å². The van der Waals surface area contributed by atoms with E-state index in [0.717, 1.165) is 12.1 Å². The maximum absolute atomic E-state index is 15.4. The number of ether oxygens (including phenoxy) is 1. The lowest BCUT2D eigenvalue weighted by atomic mass is 9.98. The largest absolute Gasteiger partial charge is 0.486 e. The third-order valence-corrected chi connectivity index (χ3v) is 5.66. The normalized spacial score (nSPS) is 14.2. The molecule has 1 amide bonds. The average molecular weight is 515 g/mol. The van der Waals surface area contributed by atoms with Crippen LogP contribution in [0.15, 0.2) is 29.1 Å². The van der Waals surface area contributed by atoms with Gasteiger partial charge < -0.3 is 15.2 Å². The van der Waals surface area contributed by atoms with Crippen LogP contribution in [0.5, 0.6) is 5.75 Å². The second-order valence-corrected chi connectivity index (χ2v) is 8.83. The number of rotatable bonds is 6. The van der Waals surface area contributed by atoms with Crippen molar-refractivity contribution in [2.24, 2.45) is 0 Å². The van der Waals surface area contributed by atoms with Crippen molar-refractivity contribution < 1.29 is 32.2 Å². The lowest BCUT2D eigenvalue weighted by Gasteiger charge is -2.18. The summed E-state index contributed by atoms with van der Waals surface area (Å²) in [6.45, 7) is 1.41. The Morgan fingerprint density at radius 3 is 2.66 bits per heavy atom. The molecule has 4 rings (SSSR count). The number of halogens is 5. The molecular formula is C22H19ClF4N4O4. The monoisotopic (exact) mass is 514 g/mol. The van der Waals surface area contributed by atoms with E-state index in [0.29, 0.717) is 9.25 Å². The van der Waals surface area contributed by atoms with Crippen LogP contribution in [0.1, 0.15) is 35.6 Å². The fourth-order valence-electron chi connectivity index (χ4n) is 3.91. The zero-order valence-electron chi connectivity index (χ0n) is 18.4. The summed E-state index contributed by atoms with van der Waals surface area (Å²) in [5, 5.41) is 15.5. The van der Waals surface area contributed by atoms with Gasteiger partial charge in [-0.05, 0) is 32.0 Å². The number of alkyl halides is 2. The first-order chi connectivity index (χ1) is 16.4. The van der Waals surface area contributed by atoms with E-state index < -0.39 is 59.9 Å². The average Bonchev–Trinajstić information content (AvgIpc) is 3.25. The smallest absolute Gasteiger partial charge is 0.351 e. The molecule has 1 aliphatic heterocycles. The third kappa shape index (κ3) is 4.50. The number of aromatic nitrogens is 3. The molecule has 0 radical (unpaired) electrons. The molecule has 0 fully saturated rings. The number of aliphatic hydroxyl groups is 1. The van der Waals surface area contributed by atoms with Crippen LogP contribution in [0.4, 0.5) is 23.2 Å². The molecule has 8 nitrogen and oxygen atoms in total. The van der Waals surface area contributed by atoms with Crippen molar-refractivity contribution in [3.63, 3.8) is 0 Å². The molecule has 2 N–H and O–H groups in total. The first-order valence-electron chi connectivity index (χ1n) is 10.3. The first-order valence-corrected chi connectivity index (χ1v) is 10.7. The highest BCUT2D eigenvalue weighted by Crippen LogP contribution is 2.42. The van der Waals surface area contributed by atoms with Crippen molar-refractivity contribution in [1.82, 2.24) is 14.3 Å². The molecule has 1 aromatic heterocycles. The molecule has 13 heteroatoms. The van der Waals surface area contributed by atoms with Gasteiger partial charge in [-0.1, -0.05) is 17.7 Å². The Labute approximate surface area is 200 Å². The van der Waals surface area contributed by atoms with E-state index in [1.54, 1.807) is 13.8 Å². The highest BCUT2D eigenvalue weighted by molar-refractivity contribution is 6.34. The van der Waals surface area contributed by atoms with Gasteiger partial charge in [-0.2, -0.15) is 4.68 Å². The number of benzene rings is 2. The first kappa shape index (κ1) is 24.7. The lowest BCUT2D eigenvalue weighted by molar-refractivity contribution is 0.101. The Bertz CT molecular complexity index is 1370. The topological polar surface area (TPSA) is 98.4 Å². The van der Waals surface area contributed by atoms with Gasteiger partial charge in [-0.3, -0.25) is 9.36 Å². The Kier molecular flexibility index (Phi) is 6.36. The summed E-state index contributed by atoms with van der Waals surface area (Å²) in [5.74, 6) is -3.30. The second-order valence-electron chi connectivity index (χ2n) is 8.42. The molecule has 0 bridgehead atoms. The number of para-hydroxylation sites is 1. The van der Waals surface area contributed by atoms with Crippen molar-refractivity contribution in [3.8, 4) is 11.4 Å². The minimum absolute atomic E-state index is 0.0266. The predicted molar refractivity (Wildman–Crippen MR) is 117 cm³/mol. The van der Waals surface area contributed by atoms with Crippen molar-refractivity contribution in [2.75, 3.05) is 5.32 Å². The standard InChI is InChI=1S/C22H19ClF4N4O4/c1-22(2)7-11-18(31-21(34)30(8-15(26)27)16(9-32)29-31)14(25)6-10(19(11)35-22)20(33)28-17-12(23)4-3-5-13(17)24/h3-6,15,32H,7-9H2,1-2H3,(H,28,33). The third-order valence-electron chi connectivity index (χ3n) is 5.34. The minimum Gasteiger partial charge on any atom is -0.486 e. The van der Waals surface area contributed by atoms with E-state index in [1.165, 1.54) is 12.1 Å². The van der Waals surface area contributed by atoms with Crippen molar-refractivity contribution in [2.45, 2.75) is 45.4 Å². The molecule has 0 saturated heterocycles. The Morgan fingerprint density at radius 2 is 2.03 bits per heavy atom. The Hall–Kier alpha value is -3.38. The van der Waals surface area contributed by atoms with Crippen molar-refractivity contribution in [3.05, 3.63) is 68.4 Å². The maximum atomic E-state index is 15.4. The van der Waals surface area contributed by atoms with Gasteiger partial charge in [-0.25, -0.2) is 22.4 Å². The maximum Gasteiger partial charge on any atom is 0.351 e. The molecule has 1 aliphatic rings. The molecule has 0 spiro atoms. The van der Waals surface area contributed by atoms with Crippen LogP contribution in [-0.2, 0) is 19.6 Å². The fourth-order valence-corrected chi connectivity index (χ4v) is 4.12. The number of nitrogens with one attached hydrogen (secondary N) is 1. The molecule has 3 aromatic rings. The van der Waals surface area contributed by atoms with Gasteiger partial charge in [0, 0.05) is 12.0 Å². The van der Waals surface area contributed by atoms with Crippen molar-refractivity contribution >= 4 is 23.2 Å².